The minimum atomic E-state index is -1.48. The predicted octanol–water partition coefficient (Wildman–Crippen LogP) is 2.60. The molecular formula is C20H12N2O8. The number of aromatic nitrogens is 2. The third kappa shape index (κ3) is 3.83. The van der Waals surface area contributed by atoms with Gasteiger partial charge in [0.1, 0.15) is 0 Å². The van der Waals surface area contributed by atoms with Crippen LogP contribution in [0.5, 0.6) is 0 Å². The van der Waals surface area contributed by atoms with Gasteiger partial charge in [-0.25, -0.2) is 19.2 Å². The molecule has 0 atom stereocenters. The number of hydrogen-bond acceptors (Lipinski definition) is 6. The van der Waals surface area contributed by atoms with Crippen LogP contribution in [0.4, 0.5) is 0 Å². The Hall–Kier alpha value is -4.60. The van der Waals surface area contributed by atoms with Gasteiger partial charge in [0.05, 0.1) is 33.6 Å². The second kappa shape index (κ2) is 7.80. The topological polar surface area (TPSA) is 175 Å². The van der Waals surface area contributed by atoms with Gasteiger partial charge in [0.25, 0.3) is 0 Å². The molecule has 0 spiro atoms. The molecule has 0 radical (unpaired) electrons. The van der Waals surface area contributed by atoms with Gasteiger partial charge in [-0.3, -0.25) is 9.97 Å². The second-order valence-electron chi connectivity index (χ2n) is 6.03. The first-order valence-electron chi connectivity index (χ1n) is 8.23. The zero-order valence-electron chi connectivity index (χ0n) is 14.9. The SMILES string of the molecule is O=C(O)c1ccc(-c2cc(C(=O)O)c(C(=O)O)cc2-c2ccc(C(=O)O)cn2)nc1. The highest BCUT2D eigenvalue weighted by Crippen LogP contribution is 2.33. The lowest BCUT2D eigenvalue weighted by Crippen LogP contribution is -2.09. The van der Waals surface area contributed by atoms with Crippen molar-refractivity contribution in [3.8, 4) is 22.5 Å². The molecule has 4 N–H and O–H groups in total. The quantitative estimate of drug-likeness (QED) is 0.474. The van der Waals surface area contributed by atoms with Crippen LogP contribution in [0.1, 0.15) is 41.4 Å². The summed E-state index contributed by atoms with van der Waals surface area (Å²) in [6, 6.07) is 7.44. The van der Waals surface area contributed by atoms with Crippen molar-refractivity contribution in [2.24, 2.45) is 0 Å². The molecule has 150 valence electrons. The van der Waals surface area contributed by atoms with Crippen molar-refractivity contribution in [1.82, 2.24) is 9.97 Å². The van der Waals surface area contributed by atoms with Crippen molar-refractivity contribution in [2.75, 3.05) is 0 Å². The fraction of sp³-hybridized carbons (Fsp3) is 0. The number of hydrogen-bond donors (Lipinski definition) is 4. The highest BCUT2D eigenvalue weighted by atomic mass is 16.4. The molecular weight excluding hydrogens is 396 g/mol. The van der Waals surface area contributed by atoms with Crippen LogP contribution in [-0.2, 0) is 0 Å². The van der Waals surface area contributed by atoms with Gasteiger partial charge in [-0.2, -0.15) is 0 Å². The van der Waals surface area contributed by atoms with Crippen LogP contribution < -0.4 is 0 Å². The lowest BCUT2D eigenvalue weighted by molar-refractivity contribution is 0.0651. The Morgan fingerprint density at radius 1 is 0.567 bits per heavy atom. The summed E-state index contributed by atoms with van der Waals surface area (Å²) in [5.74, 6) is -5.35. The minimum absolute atomic E-state index is 0.0927. The van der Waals surface area contributed by atoms with E-state index in [0.29, 0.717) is 0 Å². The van der Waals surface area contributed by atoms with Crippen LogP contribution in [0, 0.1) is 0 Å². The van der Waals surface area contributed by atoms with Gasteiger partial charge in [-0.15, -0.1) is 0 Å². The molecule has 0 aliphatic heterocycles. The summed E-state index contributed by atoms with van der Waals surface area (Å²) >= 11 is 0. The lowest BCUT2D eigenvalue weighted by atomic mass is 9.93. The van der Waals surface area contributed by atoms with Crippen LogP contribution in [-0.4, -0.2) is 54.3 Å². The summed E-state index contributed by atoms with van der Waals surface area (Å²) in [6.07, 6.45) is 2.15. The van der Waals surface area contributed by atoms with E-state index >= 15 is 0 Å². The molecule has 0 fully saturated rings. The number of carbonyl (C=O) groups is 4. The number of nitrogens with zero attached hydrogens (tertiary/aromatic N) is 2. The van der Waals surface area contributed by atoms with E-state index in [-0.39, 0.29) is 33.6 Å². The summed E-state index contributed by atoms with van der Waals surface area (Å²) in [5.41, 5.74) is -0.443. The zero-order chi connectivity index (χ0) is 22.0. The molecule has 30 heavy (non-hydrogen) atoms. The summed E-state index contributed by atoms with van der Waals surface area (Å²) in [5, 5.41) is 36.9. The average Bonchev–Trinajstić information content (AvgIpc) is 2.72. The first-order valence-corrected chi connectivity index (χ1v) is 8.23. The van der Waals surface area contributed by atoms with Gasteiger partial charge in [-0.05, 0) is 36.4 Å². The zero-order valence-corrected chi connectivity index (χ0v) is 14.9. The molecule has 10 heteroatoms. The number of carboxylic acids is 4. The Morgan fingerprint density at radius 2 is 0.933 bits per heavy atom. The van der Waals surface area contributed by atoms with Crippen molar-refractivity contribution in [3.05, 3.63) is 71.0 Å². The Balaban J connectivity index is 2.28. The van der Waals surface area contributed by atoms with Crippen molar-refractivity contribution in [3.63, 3.8) is 0 Å². The molecule has 0 aliphatic rings. The van der Waals surface area contributed by atoms with Gasteiger partial charge in [0, 0.05) is 23.5 Å². The first kappa shape index (κ1) is 20.1. The molecule has 0 amide bonds. The van der Waals surface area contributed by atoms with Crippen LogP contribution >= 0.6 is 0 Å². The lowest BCUT2D eigenvalue weighted by Gasteiger charge is -2.13. The number of carboxylic acid groups (broad SMARTS) is 4. The molecule has 10 nitrogen and oxygen atoms in total. The second-order valence-corrected chi connectivity index (χ2v) is 6.03. The van der Waals surface area contributed by atoms with Crippen molar-refractivity contribution >= 4 is 23.9 Å². The first-order chi connectivity index (χ1) is 14.2. The van der Waals surface area contributed by atoms with E-state index in [2.05, 4.69) is 9.97 Å². The summed E-state index contributed by atoms with van der Waals surface area (Å²) in [4.78, 5) is 53.3. The molecule has 0 aliphatic carbocycles. The monoisotopic (exact) mass is 408 g/mol. The Kier molecular flexibility index (Phi) is 5.23. The van der Waals surface area contributed by atoms with Crippen LogP contribution in [0.2, 0.25) is 0 Å². The standard InChI is InChI=1S/C20H12N2O8/c23-17(24)9-1-3-15(21-7-9)11-5-13(19(27)28)14(20(29)30)6-12(11)16-4-2-10(8-22-16)18(25)26/h1-8H,(H,23,24)(H,25,26)(H,27,28)(H,29,30). The molecule has 0 saturated carbocycles. The van der Waals surface area contributed by atoms with E-state index < -0.39 is 35.0 Å². The molecule has 3 aromatic rings. The molecule has 1 aromatic carbocycles. The molecule has 3 rings (SSSR count). The van der Waals surface area contributed by atoms with E-state index in [0.717, 1.165) is 24.5 Å². The molecule has 2 aromatic heterocycles. The number of aromatic carboxylic acids is 4. The fourth-order valence-electron chi connectivity index (χ4n) is 2.74. The smallest absolute Gasteiger partial charge is 0.337 e. The maximum Gasteiger partial charge on any atom is 0.337 e. The maximum absolute atomic E-state index is 11.6. The van der Waals surface area contributed by atoms with Gasteiger partial charge >= 0.3 is 23.9 Å². The minimum Gasteiger partial charge on any atom is -0.478 e. The summed E-state index contributed by atoms with van der Waals surface area (Å²) in [7, 11) is 0. The normalized spacial score (nSPS) is 10.4. The van der Waals surface area contributed by atoms with Crippen molar-refractivity contribution in [1.29, 1.82) is 0 Å². The van der Waals surface area contributed by atoms with Crippen LogP contribution in [0.25, 0.3) is 22.5 Å². The largest absolute Gasteiger partial charge is 0.478 e. The highest BCUT2D eigenvalue weighted by Gasteiger charge is 2.22. The van der Waals surface area contributed by atoms with Gasteiger partial charge in [-0.1, -0.05) is 0 Å². The highest BCUT2D eigenvalue weighted by molar-refractivity contribution is 6.05. The number of rotatable bonds is 6. The van der Waals surface area contributed by atoms with Gasteiger partial charge in [0.2, 0.25) is 0 Å². The molecule has 0 bridgehead atoms. The Labute approximate surface area is 167 Å². The van der Waals surface area contributed by atoms with Gasteiger partial charge < -0.3 is 20.4 Å². The average molecular weight is 408 g/mol. The van der Waals surface area contributed by atoms with Crippen LogP contribution in [0.3, 0.4) is 0 Å². The van der Waals surface area contributed by atoms with E-state index in [9.17, 15) is 29.4 Å². The number of pyridine rings is 2. The van der Waals surface area contributed by atoms with Crippen molar-refractivity contribution < 1.29 is 39.6 Å². The Bertz CT molecular complexity index is 1090. The third-order valence-corrected chi connectivity index (χ3v) is 4.19. The Morgan fingerprint density at radius 3 is 1.17 bits per heavy atom. The van der Waals surface area contributed by atoms with E-state index in [1.54, 1.807) is 0 Å². The van der Waals surface area contributed by atoms with Gasteiger partial charge in [0.15, 0.2) is 0 Å². The summed E-state index contributed by atoms with van der Waals surface area (Å²) < 4.78 is 0. The third-order valence-electron chi connectivity index (χ3n) is 4.19. The van der Waals surface area contributed by atoms with E-state index in [1.165, 1.54) is 24.3 Å². The van der Waals surface area contributed by atoms with Crippen LogP contribution in [0.15, 0.2) is 48.8 Å². The summed E-state index contributed by atoms with van der Waals surface area (Å²) in [6.45, 7) is 0. The molecule has 0 saturated heterocycles. The van der Waals surface area contributed by atoms with Crippen molar-refractivity contribution in [2.45, 2.75) is 0 Å². The predicted molar refractivity (Wildman–Crippen MR) is 101 cm³/mol. The van der Waals surface area contributed by atoms with E-state index in [4.69, 9.17) is 10.2 Å². The maximum atomic E-state index is 11.6. The molecule has 0 unspecified atom stereocenters. The fourth-order valence-corrected chi connectivity index (χ4v) is 2.74. The molecule has 2 heterocycles. The van der Waals surface area contributed by atoms with E-state index in [1.807, 2.05) is 0 Å². The number of benzene rings is 1.